The number of benzene rings is 1. The molecule has 1 nitrogen and oxygen atoms in total. The fourth-order valence-corrected chi connectivity index (χ4v) is 2.72. The van der Waals surface area contributed by atoms with Gasteiger partial charge in [0.2, 0.25) is 0 Å². The molecule has 1 radical (unpaired) electrons. The van der Waals surface area contributed by atoms with E-state index in [2.05, 4.69) is 37.3 Å². The van der Waals surface area contributed by atoms with Crippen LogP contribution in [0.2, 0.25) is 0 Å². The summed E-state index contributed by atoms with van der Waals surface area (Å²) in [6.07, 6.45) is 15.4. The third-order valence-electron chi connectivity index (χ3n) is 4.14. The summed E-state index contributed by atoms with van der Waals surface area (Å²) >= 11 is 0. The van der Waals surface area contributed by atoms with Crippen LogP contribution in [0.1, 0.15) is 76.2 Å². The van der Waals surface area contributed by atoms with Crippen LogP contribution in [0.15, 0.2) is 30.3 Å². The molecule has 0 spiro atoms. The smallest absolute Gasteiger partial charge is 0.0466 e. The average Bonchev–Trinajstić information content (AvgIpc) is 2.56. The van der Waals surface area contributed by atoms with Crippen LogP contribution in [-0.4, -0.2) is 13.2 Å². The van der Waals surface area contributed by atoms with E-state index in [1.54, 1.807) is 0 Å². The maximum Gasteiger partial charge on any atom is 0.0466 e. The minimum absolute atomic E-state index is 0.953. The van der Waals surface area contributed by atoms with Crippen molar-refractivity contribution in [2.45, 2.75) is 77.0 Å². The molecule has 0 aliphatic carbocycles. The lowest BCUT2D eigenvalue weighted by Crippen LogP contribution is -1.97. The molecule has 0 heterocycles. The highest BCUT2D eigenvalue weighted by molar-refractivity contribution is 5.14. The maximum atomic E-state index is 5.68. The first-order valence-electron chi connectivity index (χ1n) is 9.34. The first-order valence-corrected chi connectivity index (χ1v) is 9.34. The molecule has 125 valence electrons. The van der Waals surface area contributed by atoms with E-state index in [4.69, 9.17) is 4.74 Å². The highest BCUT2D eigenvalue weighted by atomic mass is 16.5. The summed E-state index contributed by atoms with van der Waals surface area (Å²) in [6.45, 7) is 5.77. The number of aryl methyl sites for hydroxylation is 1. The van der Waals surface area contributed by atoms with Crippen molar-refractivity contribution in [3.05, 3.63) is 42.8 Å². The Morgan fingerprint density at radius 3 is 1.82 bits per heavy atom. The van der Waals surface area contributed by atoms with Gasteiger partial charge in [0.05, 0.1) is 0 Å². The second-order valence-corrected chi connectivity index (χ2v) is 6.24. The minimum atomic E-state index is 0.953. The highest BCUT2D eigenvalue weighted by Crippen LogP contribution is 2.10. The first-order chi connectivity index (χ1) is 10.9. The molecule has 0 amide bonds. The topological polar surface area (TPSA) is 9.23 Å². The van der Waals surface area contributed by atoms with Crippen LogP contribution in [-0.2, 0) is 11.2 Å². The largest absolute Gasteiger partial charge is 0.381 e. The van der Waals surface area contributed by atoms with Gasteiger partial charge in [0.1, 0.15) is 0 Å². The van der Waals surface area contributed by atoms with Gasteiger partial charge in [-0.2, -0.15) is 0 Å². The van der Waals surface area contributed by atoms with Crippen LogP contribution in [0.3, 0.4) is 0 Å². The fraction of sp³-hybridized carbons (Fsp3) is 0.667. The highest BCUT2D eigenvalue weighted by Gasteiger charge is 1.95. The van der Waals surface area contributed by atoms with Gasteiger partial charge in [-0.05, 0) is 31.2 Å². The number of ether oxygens (including phenoxy) is 1. The predicted molar refractivity (Wildman–Crippen MR) is 97.1 cm³/mol. The molecule has 0 aromatic heterocycles. The van der Waals surface area contributed by atoms with Crippen molar-refractivity contribution in [1.29, 1.82) is 0 Å². The molecule has 22 heavy (non-hydrogen) atoms. The van der Waals surface area contributed by atoms with Crippen LogP contribution in [0.5, 0.6) is 0 Å². The molecule has 0 unspecified atom stereocenters. The predicted octanol–water partition coefficient (Wildman–Crippen LogP) is 6.37. The quantitative estimate of drug-likeness (QED) is 0.342. The van der Waals surface area contributed by atoms with Gasteiger partial charge in [0.25, 0.3) is 0 Å². The summed E-state index contributed by atoms with van der Waals surface area (Å²) in [5.74, 6) is 0. The van der Waals surface area contributed by atoms with E-state index >= 15 is 0 Å². The van der Waals surface area contributed by atoms with Crippen molar-refractivity contribution in [2.24, 2.45) is 0 Å². The molecular formula is C21H35O. The summed E-state index contributed by atoms with van der Waals surface area (Å²) in [5, 5.41) is 0. The summed E-state index contributed by atoms with van der Waals surface area (Å²) < 4.78 is 5.68. The van der Waals surface area contributed by atoms with Gasteiger partial charge in [-0.3, -0.25) is 0 Å². The zero-order chi connectivity index (χ0) is 15.7. The Labute approximate surface area is 138 Å². The van der Waals surface area contributed by atoms with E-state index < -0.39 is 0 Å². The molecule has 0 saturated carbocycles. The Morgan fingerprint density at radius 2 is 1.18 bits per heavy atom. The van der Waals surface area contributed by atoms with Crippen molar-refractivity contribution in [3.8, 4) is 0 Å². The number of rotatable bonds is 15. The van der Waals surface area contributed by atoms with Crippen LogP contribution in [0.4, 0.5) is 0 Å². The van der Waals surface area contributed by atoms with Gasteiger partial charge in [-0.25, -0.2) is 0 Å². The Balaban J connectivity index is 1.73. The molecule has 0 bridgehead atoms. The second kappa shape index (κ2) is 15.1. The van der Waals surface area contributed by atoms with Crippen molar-refractivity contribution < 1.29 is 4.74 Å². The van der Waals surface area contributed by atoms with E-state index in [1.165, 1.54) is 76.2 Å². The third-order valence-corrected chi connectivity index (χ3v) is 4.14. The maximum absolute atomic E-state index is 5.68. The van der Waals surface area contributed by atoms with Crippen molar-refractivity contribution in [1.82, 2.24) is 0 Å². The summed E-state index contributed by atoms with van der Waals surface area (Å²) in [6, 6.07) is 10.8. The molecule has 0 N–H and O–H groups in total. The lowest BCUT2D eigenvalue weighted by Gasteiger charge is -2.05. The Bertz CT molecular complexity index is 320. The second-order valence-electron chi connectivity index (χ2n) is 6.24. The number of unbranched alkanes of at least 4 members (excludes halogenated alkanes) is 9. The molecule has 0 fully saturated rings. The van der Waals surface area contributed by atoms with E-state index in [1.807, 2.05) is 0 Å². The van der Waals surface area contributed by atoms with Gasteiger partial charge in [-0.1, -0.05) is 88.6 Å². The normalized spacial score (nSPS) is 11.0. The summed E-state index contributed by atoms with van der Waals surface area (Å²) in [4.78, 5) is 0. The van der Waals surface area contributed by atoms with Gasteiger partial charge in [-0.15, -0.1) is 0 Å². The zero-order valence-electron chi connectivity index (χ0n) is 14.4. The molecule has 0 saturated heterocycles. The Hall–Kier alpha value is -0.820. The SMILES string of the molecule is [CH2]CCCCCCOCCCCCCCCc1ccccc1. The number of hydrogen-bond donors (Lipinski definition) is 0. The van der Waals surface area contributed by atoms with Crippen molar-refractivity contribution in [2.75, 3.05) is 13.2 Å². The van der Waals surface area contributed by atoms with Crippen molar-refractivity contribution in [3.63, 3.8) is 0 Å². The van der Waals surface area contributed by atoms with Gasteiger partial charge >= 0.3 is 0 Å². The monoisotopic (exact) mass is 303 g/mol. The van der Waals surface area contributed by atoms with Gasteiger partial charge in [0.15, 0.2) is 0 Å². The molecular weight excluding hydrogens is 268 g/mol. The lowest BCUT2D eigenvalue weighted by molar-refractivity contribution is 0.125. The fourth-order valence-electron chi connectivity index (χ4n) is 2.72. The van der Waals surface area contributed by atoms with Crippen LogP contribution in [0, 0.1) is 6.92 Å². The number of hydrogen-bond acceptors (Lipinski definition) is 1. The van der Waals surface area contributed by atoms with Crippen LogP contribution in [0.25, 0.3) is 0 Å². The van der Waals surface area contributed by atoms with Crippen molar-refractivity contribution >= 4 is 0 Å². The van der Waals surface area contributed by atoms with Gasteiger partial charge in [0, 0.05) is 13.2 Å². The third kappa shape index (κ3) is 11.8. The molecule has 1 heteroatoms. The molecule has 1 aromatic carbocycles. The Kier molecular flexibility index (Phi) is 13.2. The standard InChI is InChI=1S/C21H35O/c1-2-3-4-8-14-19-22-20-15-9-6-5-7-11-16-21-17-12-10-13-18-21/h10,12-13,17-18H,1-9,11,14-16,19-20H2. The first kappa shape index (κ1) is 19.2. The molecule has 0 aliphatic rings. The van der Waals surface area contributed by atoms with Gasteiger partial charge < -0.3 is 4.74 Å². The van der Waals surface area contributed by atoms with E-state index in [0.29, 0.717) is 0 Å². The average molecular weight is 304 g/mol. The summed E-state index contributed by atoms with van der Waals surface area (Å²) in [7, 11) is 0. The summed E-state index contributed by atoms with van der Waals surface area (Å²) in [5.41, 5.74) is 1.48. The minimum Gasteiger partial charge on any atom is -0.381 e. The molecule has 1 aromatic rings. The van der Waals surface area contributed by atoms with E-state index in [0.717, 1.165) is 19.6 Å². The van der Waals surface area contributed by atoms with Crippen LogP contribution >= 0.6 is 0 Å². The molecule has 1 rings (SSSR count). The Morgan fingerprint density at radius 1 is 0.636 bits per heavy atom. The lowest BCUT2D eigenvalue weighted by atomic mass is 10.1. The molecule has 0 atom stereocenters. The van der Waals surface area contributed by atoms with Crippen LogP contribution < -0.4 is 0 Å². The van der Waals surface area contributed by atoms with E-state index in [9.17, 15) is 0 Å². The zero-order valence-corrected chi connectivity index (χ0v) is 14.4. The van der Waals surface area contributed by atoms with E-state index in [-0.39, 0.29) is 0 Å². The molecule has 0 aliphatic heterocycles.